The molecule has 1 aliphatic carbocycles. The van der Waals surface area contributed by atoms with Crippen molar-refractivity contribution in [2.45, 2.75) is 63.9 Å². The highest BCUT2D eigenvalue weighted by molar-refractivity contribution is 4.99. The van der Waals surface area contributed by atoms with Gasteiger partial charge in [0.25, 0.3) is 0 Å². The molecule has 1 spiro atoms. The zero-order valence-corrected chi connectivity index (χ0v) is 13.5. The number of hydrogen-bond donors (Lipinski definition) is 0. The van der Waals surface area contributed by atoms with Crippen LogP contribution in [0.15, 0.2) is 4.52 Å². The molecule has 0 amide bonds. The van der Waals surface area contributed by atoms with Crippen LogP contribution >= 0.6 is 0 Å². The first kappa shape index (κ1) is 14.6. The van der Waals surface area contributed by atoms with Gasteiger partial charge in [0.1, 0.15) is 5.60 Å². The highest BCUT2D eigenvalue weighted by atomic mass is 16.6. The van der Waals surface area contributed by atoms with Crippen molar-refractivity contribution in [1.29, 1.82) is 0 Å². The lowest BCUT2D eigenvalue weighted by Crippen LogP contribution is -2.57. The summed E-state index contributed by atoms with van der Waals surface area (Å²) in [5, 5.41) is 4.12. The molecular weight excluding hydrogens is 282 g/mol. The maximum absolute atomic E-state index is 6.25. The van der Waals surface area contributed by atoms with Crippen molar-refractivity contribution in [2.75, 3.05) is 19.7 Å². The van der Waals surface area contributed by atoms with Gasteiger partial charge in [-0.2, -0.15) is 4.98 Å². The van der Waals surface area contributed by atoms with E-state index in [1.165, 1.54) is 12.8 Å². The van der Waals surface area contributed by atoms with Crippen LogP contribution in [0.3, 0.4) is 0 Å². The molecule has 3 atom stereocenters. The summed E-state index contributed by atoms with van der Waals surface area (Å²) in [6.07, 6.45) is 4.90. The highest BCUT2D eigenvalue weighted by Crippen LogP contribution is 2.35. The lowest BCUT2D eigenvalue weighted by molar-refractivity contribution is -0.171. The van der Waals surface area contributed by atoms with E-state index in [2.05, 4.69) is 28.9 Å². The van der Waals surface area contributed by atoms with E-state index in [1.807, 2.05) is 0 Å². The van der Waals surface area contributed by atoms with Crippen molar-refractivity contribution in [3.63, 3.8) is 0 Å². The molecule has 3 heterocycles. The molecule has 1 saturated carbocycles. The molecule has 3 unspecified atom stereocenters. The summed E-state index contributed by atoms with van der Waals surface area (Å²) in [6.45, 7) is 7.51. The van der Waals surface area contributed by atoms with Gasteiger partial charge in [-0.15, -0.1) is 0 Å². The standard InChI is InChI=1S/C16H25N3O3/c1-11-8-19(10-16(21-11)5-6-20-12(16)2)9-15-17-14(18-22-15)7-13-3-4-13/h11-13H,3-10H2,1-2H3. The largest absolute Gasteiger partial charge is 0.375 e. The van der Waals surface area contributed by atoms with E-state index in [9.17, 15) is 0 Å². The Balaban J connectivity index is 1.41. The Hall–Kier alpha value is -0.980. The fourth-order valence-corrected chi connectivity index (χ4v) is 3.74. The summed E-state index contributed by atoms with van der Waals surface area (Å²) < 4.78 is 17.4. The van der Waals surface area contributed by atoms with Crippen LogP contribution in [0.1, 0.15) is 44.8 Å². The van der Waals surface area contributed by atoms with Gasteiger partial charge in [0.15, 0.2) is 5.82 Å². The van der Waals surface area contributed by atoms with Crippen LogP contribution in [0.2, 0.25) is 0 Å². The monoisotopic (exact) mass is 307 g/mol. The fraction of sp³-hybridized carbons (Fsp3) is 0.875. The third-order valence-corrected chi connectivity index (χ3v) is 5.11. The van der Waals surface area contributed by atoms with Crippen LogP contribution in [0.4, 0.5) is 0 Å². The number of hydrogen-bond acceptors (Lipinski definition) is 6. The van der Waals surface area contributed by atoms with E-state index < -0.39 is 0 Å². The van der Waals surface area contributed by atoms with Gasteiger partial charge in [0.05, 0.1) is 18.8 Å². The molecule has 1 aromatic rings. The Morgan fingerprint density at radius 2 is 2.18 bits per heavy atom. The Labute approximate surface area is 131 Å². The lowest BCUT2D eigenvalue weighted by Gasteiger charge is -2.44. The predicted molar refractivity (Wildman–Crippen MR) is 79.3 cm³/mol. The minimum atomic E-state index is -0.172. The molecule has 0 N–H and O–H groups in total. The summed E-state index contributed by atoms with van der Waals surface area (Å²) in [5.74, 6) is 2.38. The molecule has 3 fully saturated rings. The molecule has 0 aromatic carbocycles. The van der Waals surface area contributed by atoms with E-state index in [0.29, 0.717) is 6.54 Å². The van der Waals surface area contributed by atoms with Crippen molar-refractivity contribution in [1.82, 2.24) is 15.0 Å². The third kappa shape index (κ3) is 2.92. The van der Waals surface area contributed by atoms with Gasteiger partial charge in [0.2, 0.25) is 5.89 Å². The van der Waals surface area contributed by atoms with Gasteiger partial charge in [-0.05, 0) is 32.6 Å². The summed E-state index contributed by atoms with van der Waals surface area (Å²) in [6, 6.07) is 0. The second kappa shape index (κ2) is 5.58. The average molecular weight is 307 g/mol. The van der Waals surface area contributed by atoms with E-state index in [1.54, 1.807) is 0 Å². The summed E-state index contributed by atoms with van der Waals surface area (Å²) in [4.78, 5) is 6.92. The smallest absolute Gasteiger partial charge is 0.240 e. The lowest BCUT2D eigenvalue weighted by atomic mass is 9.93. The Bertz CT molecular complexity index is 530. The van der Waals surface area contributed by atoms with Crippen LogP contribution < -0.4 is 0 Å². The number of aromatic nitrogens is 2. The number of rotatable bonds is 4. The first-order valence-corrected chi connectivity index (χ1v) is 8.46. The first-order chi connectivity index (χ1) is 10.6. The Morgan fingerprint density at radius 1 is 1.32 bits per heavy atom. The second-order valence-corrected chi connectivity index (χ2v) is 7.18. The molecule has 4 rings (SSSR count). The molecule has 22 heavy (non-hydrogen) atoms. The molecule has 2 saturated heterocycles. The van der Waals surface area contributed by atoms with Gasteiger partial charge < -0.3 is 14.0 Å². The summed E-state index contributed by atoms with van der Waals surface area (Å²) in [5.41, 5.74) is -0.172. The topological polar surface area (TPSA) is 60.6 Å². The Morgan fingerprint density at radius 3 is 2.91 bits per heavy atom. The third-order valence-electron chi connectivity index (χ3n) is 5.11. The minimum absolute atomic E-state index is 0.144. The van der Waals surface area contributed by atoms with Gasteiger partial charge in [-0.25, -0.2) is 0 Å². The molecular formula is C16H25N3O3. The molecule has 0 bridgehead atoms. The molecule has 0 radical (unpaired) electrons. The average Bonchev–Trinajstić information content (AvgIpc) is 3.07. The molecule has 2 aliphatic heterocycles. The predicted octanol–water partition coefficient (Wildman–Crippen LogP) is 1.79. The van der Waals surface area contributed by atoms with E-state index in [-0.39, 0.29) is 17.8 Å². The zero-order valence-electron chi connectivity index (χ0n) is 13.5. The fourth-order valence-electron chi connectivity index (χ4n) is 3.74. The molecule has 122 valence electrons. The molecule has 6 heteroatoms. The van der Waals surface area contributed by atoms with Crippen LogP contribution in [0, 0.1) is 5.92 Å². The summed E-state index contributed by atoms with van der Waals surface area (Å²) in [7, 11) is 0. The van der Waals surface area contributed by atoms with Crippen LogP contribution in [0.25, 0.3) is 0 Å². The quantitative estimate of drug-likeness (QED) is 0.845. The minimum Gasteiger partial charge on any atom is -0.375 e. The highest BCUT2D eigenvalue weighted by Gasteiger charge is 2.47. The van der Waals surface area contributed by atoms with Crippen LogP contribution in [0.5, 0.6) is 0 Å². The van der Waals surface area contributed by atoms with E-state index in [4.69, 9.17) is 14.0 Å². The molecule has 3 aliphatic rings. The van der Waals surface area contributed by atoms with E-state index in [0.717, 1.165) is 50.2 Å². The summed E-state index contributed by atoms with van der Waals surface area (Å²) >= 11 is 0. The first-order valence-electron chi connectivity index (χ1n) is 8.46. The van der Waals surface area contributed by atoms with Crippen molar-refractivity contribution in [3.8, 4) is 0 Å². The normalized spacial score (nSPS) is 36.3. The van der Waals surface area contributed by atoms with Crippen molar-refractivity contribution in [3.05, 3.63) is 11.7 Å². The van der Waals surface area contributed by atoms with Crippen molar-refractivity contribution < 1.29 is 14.0 Å². The van der Waals surface area contributed by atoms with Crippen molar-refractivity contribution >= 4 is 0 Å². The molecule has 1 aromatic heterocycles. The van der Waals surface area contributed by atoms with Crippen LogP contribution in [-0.4, -0.2) is 52.5 Å². The van der Waals surface area contributed by atoms with Crippen LogP contribution in [-0.2, 0) is 22.4 Å². The van der Waals surface area contributed by atoms with Gasteiger partial charge in [-0.1, -0.05) is 5.16 Å². The zero-order chi connectivity index (χ0) is 15.2. The SMILES string of the molecule is CC1CN(Cc2nc(CC3CC3)no2)CC2(CCOC2C)O1. The van der Waals surface area contributed by atoms with Crippen molar-refractivity contribution in [2.24, 2.45) is 5.92 Å². The van der Waals surface area contributed by atoms with Gasteiger partial charge in [0, 0.05) is 32.5 Å². The van der Waals surface area contributed by atoms with Gasteiger partial charge >= 0.3 is 0 Å². The molecule has 6 nitrogen and oxygen atoms in total. The maximum atomic E-state index is 6.25. The number of ether oxygens (including phenoxy) is 2. The number of nitrogens with zero attached hydrogens (tertiary/aromatic N) is 3. The Kier molecular flexibility index (Phi) is 3.71. The van der Waals surface area contributed by atoms with E-state index >= 15 is 0 Å². The number of morpholine rings is 1. The second-order valence-electron chi connectivity index (χ2n) is 7.18. The van der Waals surface area contributed by atoms with Gasteiger partial charge in [-0.3, -0.25) is 4.90 Å². The maximum Gasteiger partial charge on any atom is 0.240 e.